The van der Waals surface area contributed by atoms with Crippen molar-refractivity contribution in [1.82, 2.24) is 9.97 Å². The minimum absolute atomic E-state index is 0.263. The Hall–Kier alpha value is -2.62. The van der Waals surface area contributed by atoms with E-state index in [1.165, 1.54) is 24.7 Å². The summed E-state index contributed by atoms with van der Waals surface area (Å²) in [6, 6.07) is 4.73. The lowest BCUT2D eigenvalue weighted by Gasteiger charge is -2.16. The van der Waals surface area contributed by atoms with Crippen molar-refractivity contribution in [3.05, 3.63) is 53.6 Å². The maximum atomic E-state index is 12.9. The van der Waals surface area contributed by atoms with Crippen LogP contribution < -0.4 is 5.32 Å². The molecule has 2 aromatic rings. The largest absolute Gasteiger partial charge is 0.417 e. The molecule has 0 saturated heterocycles. The Bertz CT molecular complexity index is 662. The molecular formula is C14H11F3N4. The summed E-state index contributed by atoms with van der Waals surface area (Å²) >= 11 is 0. The second-order valence-corrected chi connectivity index (χ2v) is 4.37. The van der Waals surface area contributed by atoms with Gasteiger partial charge in [0.2, 0.25) is 0 Å². The average molecular weight is 292 g/mol. The first kappa shape index (κ1) is 14.8. The molecule has 0 aliphatic rings. The minimum Gasteiger partial charge on any atom is -0.377 e. The fourth-order valence-corrected chi connectivity index (χ4v) is 1.82. The van der Waals surface area contributed by atoms with Gasteiger partial charge in [-0.1, -0.05) is 0 Å². The number of hydrogen-bond donors (Lipinski definition) is 1. The average Bonchev–Trinajstić information content (AvgIpc) is 2.47. The molecule has 21 heavy (non-hydrogen) atoms. The predicted molar refractivity (Wildman–Crippen MR) is 70.2 cm³/mol. The number of aromatic nitrogens is 2. The molecule has 0 saturated carbocycles. The van der Waals surface area contributed by atoms with E-state index in [0.717, 1.165) is 12.1 Å². The quantitative estimate of drug-likeness (QED) is 0.940. The molecule has 0 fully saturated rings. The SMILES string of the molecule is CC(Nc1ccc(C#N)c(C(F)(F)F)c1)c1cnccn1. The van der Waals surface area contributed by atoms with E-state index >= 15 is 0 Å². The highest BCUT2D eigenvalue weighted by Crippen LogP contribution is 2.34. The Labute approximate surface area is 119 Å². The summed E-state index contributed by atoms with van der Waals surface area (Å²) in [4.78, 5) is 7.99. The van der Waals surface area contributed by atoms with Crippen LogP contribution in [0.15, 0.2) is 36.8 Å². The highest BCUT2D eigenvalue weighted by molar-refractivity contribution is 5.53. The van der Waals surface area contributed by atoms with Crippen LogP contribution in [0.4, 0.5) is 18.9 Å². The summed E-state index contributed by atoms with van der Waals surface area (Å²) in [6.45, 7) is 1.76. The van der Waals surface area contributed by atoms with Crippen LogP contribution >= 0.6 is 0 Å². The van der Waals surface area contributed by atoms with Crippen LogP contribution in [0.5, 0.6) is 0 Å². The first-order valence-corrected chi connectivity index (χ1v) is 6.05. The van der Waals surface area contributed by atoms with E-state index in [0.29, 0.717) is 5.69 Å². The summed E-state index contributed by atoms with van der Waals surface area (Å²) in [5.41, 5.74) is -0.489. The molecule has 1 N–H and O–H groups in total. The zero-order valence-electron chi connectivity index (χ0n) is 11.0. The Morgan fingerprint density at radius 1 is 1.29 bits per heavy atom. The summed E-state index contributed by atoms with van der Waals surface area (Å²) in [5, 5.41) is 11.7. The third kappa shape index (κ3) is 3.48. The second kappa shape index (κ2) is 5.79. The van der Waals surface area contributed by atoms with Crippen LogP contribution in [0.25, 0.3) is 0 Å². The monoisotopic (exact) mass is 292 g/mol. The number of anilines is 1. The van der Waals surface area contributed by atoms with Crippen molar-refractivity contribution in [2.75, 3.05) is 5.32 Å². The van der Waals surface area contributed by atoms with Crippen molar-refractivity contribution in [3.8, 4) is 6.07 Å². The molecule has 1 aromatic heterocycles. The van der Waals surface area contributed by atoms with E-state index in [1.54, 1.807) is 13.0 Å². The van der Waals surface area contributed by atoms with E-state index in [2.05, 4.69) is 15.3 Å². The molecule has 0 radical (unpaired) electrons. The van der Waals surface area contributed by atoms with Crippen LogP contribution in [0.1, 0.15) is 29.8 Å². The van der Waals surface area contributed by atoms with Crippen molar-refractivity contribution < 1.29 is 13.2 Å². The Morgan fingerprint density at radius 3 is 2.62 bits per heavy atom. The van der Waals surface area contributed by atoms with Gasteiger partial charge in [0, 0.05) is 18.1 Å². The topological polar surface area (TPSA) is 61.6 Å². The van der Waals surface area contributed by atoms with Gasteiger partial charge in [0.1, 0.15) is 0 Å². The fourth-order valence-electron chi connectivity index (χ4n) is 1.82. The molecule has 1 unspecified atom stereocenters. The number of nitriles is 1. The van der Waals surface area contributed by atoms with Gasteiger partial charge in [-0.05, 0) is 25.1 Å². The van der Waals surface area contributed by atoms with Crippen LogP contribution in [0, 0.1) is 11.3 Å². The first-order chi connectivity index (χ1) is 9.91. The molecular weight excluding hydrogens is 281 g/mol. The Morgan fingerprint density at radius 2 is 2.05 bits per heavy atom. The Kier molecular flexibility index (Phi) is 4.08. The van der Waals surface area contributed by atoms with Crippen molar-refractivity contribution in [2.45, 2.75) is 19.1 Å². The summed E-state index contributed by atoms with van der Waals surface area (Å²) < 4.78 is 38.6. The maximum Gasteiger partial charge on any atom is 0.417 e. The lowest BCUT2D eigenvalue weighted by molar-refractivity contribution is -0.137. The zero-order valence-corrected chi connectivity index (χ0v) is 11.0. The molecule has 108 valence electrons. The second-order valence-electron chi connectivity index (χ2n) is 4.37. The minimum atomic E-state index is -4.57. The Balaban J connectivity index is 2.28. The van der Waals surface area contributed by atoms with E-state index in [9.17, 15) is 13.2 Å². The molecule has 0 spiro atoms. The molecule has 0 amide bonds. The third-order valence-electron chi connectivity index (χ3n) is 2.86. The lowest BCUT2D eigenvalue weighted by atomic mass is 10.1. The van der Waals surface area contributed by atoms with Crippen LogP contribution in [-0.2, 0) is 6.18 Å². The van der Waals surface area contributed by atoms with Crippen molar-refractivity contribution in [2.24, 2.45) is 0 Å². The van der Waals surface area contributed by atoms with Crippen LogP contribution in [-0.4, -0.2) is 9.97 Å². The molecule has 1 atom stereocenters. The van der Waals surface area contributed by atoms with E-state index in [-0.39, 0.29) is 11.7 Å². The van der Waals surface area contributed by atoms with Gasteiger partial charge < -0.3 is 5.32 Å². The van der Waals surface area contributed by atoms with E-state index in [1.807, 2.05) is 0 Å². The smallest absolute Gasteiger partial charge is 0.377 e. The molecule has 7 heteroatoms. The van der Waals surface area contributed by atoms with Crippen LogP contribution in [0.2, 0.25) is 0 Å². The van der Waals surface area contributed by atoms with Gasteiger partial charge in [0.15, 0.2) is 0 Å². The highest BCUT2D eigenvalue weighted by Gasteiger charge is 2.33. The van der Waals surface area contributed by atoms with E-state index < -0.39 is 17.3 Å². The number of benzene rings is 1. The van der Waals surface area contributed by atoms with Crippen LogP contribution in [0.3, 0.4) is 0 Å². The molecule has 1 heterocycles. The molecule has 2 rings (SSSR count). The van der Waals surface area contributed by atoms with Gasteiger partial charge in [0.25, 0.3) is 0 Å². The van der Waals surface area contributed by atoms with Crippen molar-refractivity contribution in [1.29, 1.82) is 5.26 Å². The zero-order chi connectivity index (χ0) is 15.5. The lowest BCUT2D eigenvalue weighted by Crippen LogP contribution is -2.12. The first-order valence-electron chi connectivity index (χ1n) is 6.05. The van der Waals surface area contributed by atoms with Gasteiger partial charge in [-0.15, -0.1) is 0 Å². The standard InChI is InChI=1S/C14H11F3N4/c1-9(13-8-19-4-5-20-13)21-11-3-2-10(7-18)12(6-11)14(15,16)17/h2-6,8-9,21H,1H3. The number of nitrogens with one attached hydrogen (secondary N) is 1. The molecule has 1 aromatic carbocycles. The fraction of sp³-hybridized carbons (Fsp3) is 0.214. The van der Waals surface area contributed by atoms with Gasteiger partial charge in [-0.3, -0.25) is 9.97 Å². The summed E-state index contributed by atoms with van der Waals surface area (Å²) in [5.74, 6) is 0. The van der Waals surface area contributed by atoms with Gasteiger partial charge >= 0.3 is 6.18 Å². The van der Waals surface area contributed by atoms with Crippen molar-refractivity contribution in [3.63, 3.8) is 0 Å². The summed E-state index contributed by atoms with van der Waals surface area (Å²) in [7, 11) is 0. The third-order valence-corrected chi connectivity index (χ3v) is 2.86. The van der Waals surface area contributed by atoms with Gasteiger partial charge in [0.05, 0.1) is 35.1 Å². The van der Waals surface area contributed by atoms with Gasteiger partial charge in [-0.25, -0.2) is 0 Å². The highest BCUT2D eigenvalue weighted by atomic mass is 19.4. The number of nitrogens with zero attached hydrogens (tertiary/aromatic N) is 3. The number of hydrogen-bond acceptors (Lipinski definition) is 4. The maximum absolute atomic E-state index is 12.9. The normalized spacial score (nSPS) is 12.5. The van der Waals surface area contributed by atoms with Crippen molar-refractivity contribution >= 4 is 5.69 Å². The molecule has 0 aliphatic carbocycles. The molecule has 0 aliphatic heterocycles. The number of halogens is 3. The number of rotatable bonds is 3. The predicted octanol–water partition coefficient (Wildman–Crippen LogP) is 3.54. The van der Waals surface area contributed by atoms with Gasteiger partial charge in [-0.2, -0.15) is 18.4 Å². The van der Waals surface area contributed by atoms with E-state index in [4.69, 9.17) is 5.26 Å². The molecule has 0 bridgehead atoms. The number of alkyl halides is 3. The molecule has 4 nitrogen and oxygen atoms in total. The summed E-state index contributed by atoms with van der Waals surface area (Å²) in [6.07, 6.45) is -0.0162.